The Morgan fingerprint density at radius 1 is 0.912 bits per heavy atom. The fourth-order valence-electron chi connectivity index (χ4n) is 4.88. The molecule has 5 nitrogen and oxygen atoms in total. The van der Waals surface area contributed by atoms with Crippen molar-refractivity contribution < 1.29 is 4.79 Å². The van der Waals surface area contributed by atoms with Gasteiger partial charge in [0.15, 0.2) is 5.69 Å². The van der Waals surface area contributed by atoms with Gasteiger partial charge in [-0.1, -0.05) is 91.0 Å². The van der Waals surface area contributed by atoms with Crippen LogP contribution in [0.3, 0.4) is 0 Å². The van der Waals surface area contributed by atoms with Crippen LogP contribution < -0.4 is 5.32 Å². The summed E-state index contributed by atoms with van der Waals surface area (Å²) >= 11 is 0. The average Bonchev–Trinajstić information content (AvgIpc) is 3.23. The summed E-state index contributed by atoms with van der Waals surface area (Å²) in [6.07, 6.45) is 0.890. The van der Waals surface area contributed by atoms with Crippen LogP contribution in [-0.2, 0) is 26.6 Å². The van der Waals surface area contributed by atoms with E-state index in [-0.39, 0.29) is 11.8 Å². The molecule has 0 atom stereocenters. The van der Waals surface area contributed by atoms with Crippen molar-refractivity contribution in [3.63, 3.8) is 0 Å². The zero-order valence-electron chi connectivity index (χ0n) is 19.5. The lowest BCUT2D eigenvalue weighted by molar-refractivity contribution is 0.0943. The lowest BCUT2D eigenvalue weighted by atomic mass is 9.90. The Morgan fingerprint density at radius 3 is 2.12 bits per heavy atom. The number of aryl methyl sites for hydroxylation is 1. The molecule has 1 amide bonds. The number of hydrogen-bond donors (Lipinski definition) is 1. The van der Waals surface area contributed by atoms with E-state index in [4.69, 9.17) is 0 Å². The largest absolute Gasteiger partial charge is 0.347 e. The fourth-order valence-corrected chi connectivity index (χ4v) is 4.88. The van der Waals surface area contributed by atoms with E-state index in [1.807, 2.05) is 42.1 Å². The summed E-state index contributed by atoms with van der Waals surface area (Å²) in [5, 5.41) is 7.67. The minimum absolute atomic E-state index is 0.106. The topological polar surface area (TPSA) is 50.2 Å². The second kappa shape index (κ2) is 10.1. The summed E-state index contributed by atoms with van der Waals surface area (Å²) in [4.78, 5) is 15.5. The Bertz CT molecular complexity index is 1200. The molecule has 0 aliphatic carbocycles. The van der Waals surface area contributed by atoms with Crippen LogP contribution in [0.15, 0.2) is 91.0 Å². The first-order chi connectivity index (χ1) is 16.7. The molecule has 1 N–H and O–H groups in total. The Balaban J connectivity index is 1.35. The molecule has 3 aromatic carbocycles. The normalized spacial score (nSPS) is 13.6. The predicted octanol–water partition coefficient (Wildman–Crippen LogP) is 4.54. The van der Waals surface area contributed by atoms with E-state index in [1.165, 1.54) is 11.1 Å². The number of amides is 1. The third-order valence-electron chi connectivity index (χ3n) is 6.68. The molecule has 0 saturated carbocycles. The lowest BCUT2D eigenvalue weighted by Gasteiger charge is -2.31. The molecule has 0 spiro atoms. The SMILES string of the molecule is Cn1nc(C(=O)NCc2ccccc2)c2c1CCN(CC(c1ccccc1)c1ccccc1)C2. The number of aromatic nitrogens is 2. The van der Waals surface area contributed by atoms with Gasteiger partial charge in [0.05, 0.1) is 0 Å². The van der Waals surface area contributed by atoms with Crippen LogP contribution in [0.2, 0.25) is 0 Å². The van der Waals surface area contributed by atoms with Crippen molar-refractivity contribution in [1.29, 1.82) is 0 Å². The number of hydrogen-bond acceptors (Lipinski definition) is 3. The van der Waals surface area contributed by atoms with E-state index in [0.717, 1.165) is 42.9 Å². The van der Waals surface area contributed by atoms with Crippen molar-refractivity contribution in [2.45, 2.75) is 25.4 Å². The van der Waals surface area contributed by atoms with Gasteiger partial charge < -0.3 is 5.32 Å². The highest BCUT2D eigenvalue weighted by molar-refractivity contribution is 5.94. The van der Waals surface area contributed by atoms with Crippen LogP contribution in [0.5, 0.6) is 0 Å². The Hall–Kier alpha value is -3.70. The quantitative estimate of drug-likeness (QED) is 0.450. The smallest absolute Gasteiger partial charge is 0.272 e. The number of nitrogens with one attached hydrogen (secondary N) is 1. The van der Waals surface area contributed by atoms with Crippen molar-refractivity contribution >= 4 is 5.91 Å². The molecular weight excluding hydrogens is 420 g/mol. The maximum Gasteiger partial charge on any atom is 0.272 e. The average molecular weight is 451 g/mol. The van der Waals surface area contributed by atoms with Gasteiger partial charge in [-0.25, -0.2) is 0 Å². The first-order valence-corrected chi connectivity index (χ1v) is 11.9. The molecule has 4 aromatic rings. The summed E-state index contributed by atoms with van der Waals surface area (Å²) in [5.74, 6) is 0.168. The van der Waals surface area contributed by atoms with Gasteiger partial charge in [-0.3, -0.25) is 14.4 Å². The predicted molar refractivity (Wildman–Crippen MR) is 135 cm³/mol. The molecule has 5 rings (SSSR count). The summed E-state index contributed by atoms with van der Waals surface area (Å²) in [6.45, 7) is 3.08. The molecule has 0 bridgehead atoms. The van der Waals surface area contributed by atoms with Gasteiger partial charge >= 0.3 is 0 Å². The summed E-state index contributed by atoms with van der Waals surface area (Å²) in [7, 11) is 1.94. The highest BCUT2D eigenvalue weighted by atomic mass is 16.1. The highest BCUT2D eigenvalue weighted by Gasteiger charge is 2.29. The van der Waals surface area contributed by atoms with Crippen LogP contribution >= 0.6 is 0 Å². The number of nitrogens with zero attached hydrogens (tertiary/aromatic N) is 3. The van der Waals surface area contributed by atoms with E-state index in [0.29, 0.717) is 12.2 Å². The first-order valence-electron chi connectivity index (χ1n) is 11.9. The van der Waals surface area contributed by atoms with Gasteiger partial charge in [-0.05, 0) is 16.7 Å². The summed E-state index contributed by atoms with van der Waals surface area (Å²) in [5.41, 5.74) is 6.47. The van der Waals surface area contributed by atoms with E-state index in [1.54, 1.807) is 0 Å². The zero-order valence-corrected chi connectivity index (χ0v) is 19.5. The van der Waals surface area contributed by atoms with Gasteiger partial charge in [-0.2, -0.15) is 5.10 Å². The van der Waals surface area contributed by atoms with E-state index in [2.05, 4.69) is 76.0 Å². The van der Waals surface area contributed by atoms with Crippen molar-refractivity contribution in [3.8, 4) is 0 Å². The van der Waals surface area contributed by atoms with Crippen molar-refractivity contribution in [1.82, 2.24) is 20.0 Å². The molecule has 0 unspecified atom stereocenters. The summed E-state index contributed by atoms with van der Waals surface area (Å²) < 4.78 is 1.88. The third kappa shape index (κ3) is 4.80. The molecule has 172 valence electrons. The monoisotopic (exact) mass is 450 g/mol. The molecule has 1 aliphatic rings. The number of rotatable bonds is 7. The molecule has 34 heavy (non-hydrogen) atoms. The van der Waals surface area contributed by atoms with Gasteiger partial charge in [0.2, 0.25) is 0 Å². The number of carbonyl (C=O) groups excluding carboxylic acids is 1. The van der Waals surface area contributed by atoms with E-state index >= 15 is 0 Å². The van der Waals surface area contributed by atoms with Gasteiger partial charge in [0.25, 0.3) is 5.91 Å². The minimum atomic E-state index is -0.106. The second-order valence-corrected chi connectivity index (χ2v) is 8.92. The minimum Gasteiger partial charge on any atom is -0.347 e. The van der Waals surface area contributed by atoms with Gasteiger partial charge in [0.1, 0.15) is 0 Å². The number of carbonyl (C=O) groups is 1. The molecule has 0 fully saturated rings. The summed E-state index contributed by atoms with van der Waals surface area (Å²) in [6, 6.07) is 31.4. The Morgan fingerprint density at radius 2 is 1.50 bits per heavy atom. The fraction of sp³-hybridized carbons (Fsp3) is 0.241. The first kappa shape index (κ1) is 22.1. The highest BCUT2D eigenvalue weighted by Crippen LogP contribution is 2.29. The van der Waals surface area contributed by atoms with Crippen LogP contribution in [0, 0.1) is 0 Å². The van der Waals surface area contributed by atoms with Crippen LogP contribution in [-0.4, -0.2) is 33.7 Å². The molecular formula is C29H30N4O. The second-order valence-electron chi connectivity index (χ2n) is 8.92. The van der Waals surface area contributed by atoms with Crippen LogP contribution in [0.1, 0.15) is 44.4 Å². The molecule has 0 radical (unpaired) electrons. The van der Waals surface area contributed by atoms with Crippen LogP contribution in [0.25, 0.3) is 0 Å². The molecule has 1 aliphatic heterocycles. The van der Waals surface area contributed by atoms with E-state index in [9.17, 15) is 4.79 Å². The Kier molecular flexibility index (Phi) is 6.54. The maximum absolute atomic E-state index is 13.1. The van der Waals surface area contributed by atoms with E-state index < -0.39 is 0 Å². The molecule has 5 heteroatoms. The number of benzene rings is 3. The zero-order chi connectivity index (χ0) is 23.3. The number of fused-ring (bicyclic) bond motifs is 1. The molecule has 0 saturated heterocycles. The van der Waals surface area contributed by atoms with Crippen molar-refractivity contribution in [2.24, 2.45) is 7.05 Å². The lowest BCUT2D eigenvalue weighted by Crippen LogP contribution is -2.35. The standard InChI is InChI=1S/C29H30N4O/c1-32-27-17-18-33(20-25(23-13-7-3-8-14-23)24-15-9-4-10-16-24)21-26(27)28(31-32)29(34)30-19-22-11-5-2-6-12-22/h2-16,25H,17-21H2,1H3,(H,30,34). The molecule has 1 aromatic heterocycles. The van der Waals surface area contributed by atoms with Crippen molar-refractivity contribution in [2.75, 3.05) is 13.1 Å². The van der Waals surface area contributed by atoms with Gasteiger partial charge in [0, 0.05) is 56.8 Å². The van der Waals surface area contributed by atoms with Crippen molar-refractivity contribution in [3.05, 3.63) is 125 Å². The van der Waals surface area contributed by atoms with Crippen LogP contribution in [0.4, 0.5) is 0 Å². The molecule has 2 heterocycles. The maximum atomic E-state index is 13.1. The third-order valence-corrected chi connectivity index (χ3v) is 6.68. The van der Waals surface area contributed by atoms with Gasteiger partial charge in [-0.15, -0.1) is 0 Å². The Labute approximate surface area is 201 Å².